The first-order valence-corrected chi connectivity index (χ1v) is 9.49. The summed E-state index contributed by atoms with van der Waals surface area (Å²) in [5.41, 5.74) is 2.61. The van der Waals surface area contributed by atoms with Crippen LogP contribution in [0.3, 0.4) is 0 Å². The molecule has 0 fully saturated rings. The van der Waals surface area contributed by atoms with Gasteiger partial charge in [0.2, 0.25) is 0 Å². The van der Waals surface area contributed by atoms with Gasteiger partial charge in [0.05, 0.1) is 5.69 Å². The highest BCUT2D eigenvalue weighted by Gasteiger charge is 2.12. The topological polar surface area (TPSA) is 15.3 Å². The van der Waals surface area contributed by atoms with Crippen LogP contribution in [0.15, 0.2) is 22.7 Å². The predicted octanol–water partition coefficient (Wildman–Crippen LogP) is 4.53. The van der Waals surface area contributed by atoms with E-state index in [4.69, 9.17) is 0 Å². The molecule has 0 heterocycles. The average Bonchev–Trinajstić information content (AvgIpc) is 2.44. The smallest absolute Gasteiger partial charge is 0.0510 e. The SMILES string of the molecule is CCCNCc1ccc(N(C)C(C)CCSC)c(Br)c1. The van der Waals surface area contributed by atoms with E-state index in [0.29, 0.717) is 6.04 Å². The van der Waals surface area contributed by atoms with Crippen molar-refractivity contribution in [2.24, 2.45) is 0 Å². The average molecular weight is 359 g/mol. The molecule has 0 amide bonds. The molecule has 1 atom stereocenters. The van der Waals surface area contributed by atoms with Crippen molar-refractivity contribution in [3.8, 4) is 0 Å². The van der Waals surface area contributed by atoms with E-state index in [9.17, 15) is 0 Å². The molecule has 1 rings (SSSR count). The second-order valence-electron chi connectivity index (χ2n) is 5.20. The van der Waals surface area contributed by atoms with E-state index >= 15 is 0 Å². The summed E-state index contributed by atoms with van der Waals surface area (Å²) in [5.74, 6) is 1.21. The van der Waals surface area contributed by atoms with Crippen molar-refractivity contribution >= 4 is 33.4 Å². The van der Waals surface area contributed by atoms with Gasteiger partial charge in [-0.05, 0) is 71.9 Å². The summed E-state index contributed by atoms with van der Waals surface area (Å²) in [5, 5.41) is 3.44. The maximum Gasteiger partial charge on any atom is 0.0510 e. The molecule has 0 aliphatic rings. The Balaban J connectivity index is 2.66. The summed E-state index contributed by atoms with van der Waals surface area (Å²) in [6, 6.07) is 7.24. The standard InChI is InChI=1S/C16H27BrN2S/c1-5-9-18-12-14-6-7-16(15(17)11-14)19(3)13(2)8-10-20-4/h6-7,11,13,18H,5,8-10,12H2,1-4H3. The zero-order chi connectivity index (χ0) is 15.0. The van der Waals surface area contributed by atoms with E-state index < -0.39 is 0 Å². The second-order valence-corrected chi connectivity index (χ2v) is 7.04. The quantitative estimate of drug-likeness (QED) is 0.653. The number of anilines is 1. The molecule has 4 heteroatoms. The molecule has 2 nitrogen and oxygen atoms in total. The zero-order valence-electron chi connectivity index (χ0n) is 13.1. The minimum atomic E-state index is 0.558. The van der Waals surface area contributed by atoms with Gasteiger partial charge in [-0.25, -0.2) is 0 Å². The van der Waals surface area contributed by atoms with Crippen LogP contribution in [0, 0.1) is 0 Å². The van der Waals surface area contributed by atoms with Gasteiger partial charge in [-0.2, -0.15) is 11.8 Å². The van der Waals surface area contributed by atoms with Crippen molar-refractivity contribution in [3.05, 3.63) is 28.2 Å². The first-order chi connectivity index (χ1) is 9.60. The van der Waals surface area contributed by atoms with Crippen LogP contribution >= 0.6 is 27.7 Å². The highest BCUT2D eigenvalue weighted by molar-refractivity contribution is 9.10. The van der Waals surface area contributed by atoms with Crippen molar-refractivity contribution in [1.29, 1.82) is 0 Å². The third-order valence-electron chi connectivity index (χ3n) is 3.55. The maximum absolute atomic E-state index is 3.72. The summed E-state index contributed by atoms with van der Waals surface area (Å²) < 4.78 is 1.19. The van der Waals surface area contributed by atoms with Crippen LogP contribution in [0.5, 0.6) is 0 Å². The summed E-state index contributed by atoms with van der Waals surface area (Å²) in [6.07, 6.45) is 4.56. The molecular formula is C16H27BrN2S. The molecule has 1 aromatic carbocycles. The lowest BCUT2D eigenvalue weighted by Gasteiger charge is -2.28. The van der Waals surface area contributed by atoms with Crippen LogP contribution in [-0.2, 0) is 6.54 Å². The Hall–Kier alpha value is -0.190. The normalized spacial score (nSPS) is 12.4. The van der Waals surface area contributed by atoms with Crippen LogP contribution < -0.4 is 10.2 Å². The fraction of sp³-hybridized carbons (Fsp3) is 0.625. The summed E-state index contributed by atoms with van der Waals surface area (Å²) in [7, 11) is 2.18. The lowest BCUT2D eigenvalue weighted by molar-refractivity contribution is 0.665. The van der Waals surface area contributed by atoms with Crippen LogP contribution in [-0.4, -0.2) is 31.6 Å². The zero-order valence-corrected chi connectivity index (χ0v) is 15.5. The highest BCUT2D eigenvalue weighted by Crippen LogP contribution is 2.28. The van der Waals surface area contributed by atoms with Crippen LogP contribution in [0.25, 0.3) is 0 Å². The first kappa shape index (κ1) is 17.9. The van der Waals surface area contributed by atoms with E-state index in [-0.39, 0.29) is 0 Å². The number of halogens is 1. The Labute approximate surface area is 136 Å². The first-order valence-electron chi connectivity index (χ1n) is 7.31. The van der Waals surface area contributed by atoms with Gasteiger partial charge in [-0.3, -0.25) is 0 Å². The molecule has 0 aliphatic heterocycles. The Morgan fingerprint density at radius 3 is 2.75 bits per heavy atom. The molecule has 0 bridgehead atoms. The van der Waals surface area contributed by atoms with Crippen molar-refractivity contribution in [2.45, 2.75) is 39.3 Å². The molecule has 1 aromatic rings. The Morgan fingerprint density at radius 1 is 1.40 bits per heavy atom. The number of thioether (sulfide) groups is 1. The largest absolute Gasteiger partial charge is 0.371 e. The predicted molar refractivity (Wildman–Crippen MR) is 97.0 cm³/mol. The fourth-order valence-electron chi connectivity index (χ4n) is 2.08. The van der Waals surface area contributed by atoms with Crippen LogP contribution in [0.2, 0.25) is 0 Å². The molecule has 0 aromatic heterocycles. The van der Waals surface area contributed by atoms with E-state index in [1.165, 1.54) is 34.3 Å². The third-order valence-corrected chi connectivity index (χ3v) is 4.83. The maximum atomic E-state index is 3.72. The van der Waals surface area contributed by atoms with E-state index in [1.807, 2.05) is 11.8 Å². The van der Waals surface area contributed by atoms with Gasteiger partial charge in [0.15, 0.2) is 0 Å². The Morgan fingerprint density at radius 2 is 2.15 bits per heavy atom. The lowest BCUT2D eigenvalue weighted by Crippen LogP contribution is -2.29. The molecule has 1 N–H and O–H groups in total. The van der Waals surface area contributed by atoms with Gasteiger partial charge in [0.1, 0.15) is 0 Å². The molecule has 0 saturated carbocycles. The molecule has 0 aliphatic carbocycles. The molecule has 0 saturated heterocycles. The monoisotopic (exact) mass is 358 g/mol. The Kier molecular flexibility index (Phi) is 8.66. The van der Waals surface area contributed by atoms with Crippen molar-refractivity contribution in [3.63, 3.8) is 0 Å². The van der Waals surface area contributed by atoms with Gasteiger partial charge in [-0.1, -0.05) is 13.0 Å². The minimum absolute atomic E-state index is 0.558. The van der Waals surface area contributed by atoms with E-state index in [0.717, 1.165) is 13.1 Å². The minimum Gasteiger partial charge on any atom is -0.371 e. The summed E-state index contributed by atoms with van der Waals surface area (Å²) in [4.78, 5) is 2.36. The van der Waals surface area contributed by atoms with Crippen molar-refractivity contribution < 1.29 is 0 Å². The highest BCUT2D eigenvalue weighted by atomic mass is 79.9. The van der Waals surface area contributed by atoms with Gasteiger partial charge < -0.3 is 10.2 Å². The number of rotatable bonds is 9. The molecule has 0 radical (unpaired) electrons. The molecule has 0 spiro atoms. The number of hydrogen-bond donors (Lipinski definition) is 1. The van der Waals surface area contributed by atoms with Crippen LogP contribution in [0.4, 0.5) is 5.69 Å². The number of nitrogens with zero attached hydrogens (tertiary/aromatic N) is 1. The lowest BCUT2D eigenvalue weighted by atomic mass is 10.1. The van der Waals surface area contributed by atoms with E-state index in [2.05, 4.69) is 71.5 Å². The number of nitrogens with one attached hydrogen (secondary N) is 1. The second kappa shape index (κ2) is 9.69. The van der Waals surface area contributed by atoms with E-state index in [1.54, 1.807) is 0 Å². The van der Waals surface area contributed by atoms with Crippen molar-refractivity contribution in [2.75, 3.05) is 30.5 Å². The van der Waals surface area contributed by atoms with Gasteiger partial charge in [-0.15, -0.1) is 0 Å². The number of hydrogen-bond acceptors (Lipinski definition) is 3. The summed E-state index contributed by atoms with van der Waals surface area (Å²) in [6.45, 7) is 6.50. The third kappa shape index (κ3) is 5.66. The van der Waals surface area contributed by atoms with Gasteiger partial charge in [0.25, 0.3) is 0 Å². The molecule has 1 unspecified atom stereocenters. The van der Waals surface area contributed by atoms with Gasteiger partial charge >= 0.3 is 0 Å². The Bertz CT molecular complexity index is 398. The molecule has 20 heavy (non-hydrogen) atoms. The molecular weight excluding hydrogens is 332 g/mol. The fourth-order valence-corrected chi connectivity index (χ4v) is 3.36. The summed E-state index contributed by atoms with van der Waals surface area (Å²) >= 11 is 5.63. The number of benzene rings is 1. The van der Waals surface area contributed by atoms with Crippen LogP contribution in [0.1, 0.15) is 32.3 Å². The molecule has 114 valence electrons. The van der Waals surface area contributed by atoms with Crippen molar-refractivity contribution in [1.82, 2.24) is 5.32 Å². The van der Waals surface area contributed by atoms with Gasteiger partial charge in [0, 0.05) is 24.1 Å².